The van der Waals surface area contributed by atoms with Gasteiger partial charge in [0, 0.05) is 18.8 Å². The molecule has 0 aliphatic heterocycles. The predicted octanol–water partition coefficient (Wildman–Crippen LogP) is 7.64. The van der Waals surface area contributed by atoms with E-state index in [1.165, 1.54) is 28.6 Å². The Bertz CT molecular complexity index is 1130. The Labute approximate surface area is 160 Å². The Kier molecular flexibility index (Phi) is 3.03. The summed E-state index contributed by atoms with van der Waals surface area (Å²) in [4.78, 5) is 14.3. The molecular weight excluding hydrogens is 413 g/mol. The van der Waals surface area contributed by atoms with E-state index >= 15 is 0 Å². The van der Waals surface area contributed by atoms with E-state index in [1.807, 2.05) is 22.7 Å². The molecule has 0 aliphatic carbocycles. The van der Waals surface area contributed by atoms with E-state index in [0.717, 1.165) is 19.7 Å². The van der Waals surface area contributed by atoms with Gasteiger partial charge in [-0.1, -0.05) is 22.7 Å². The Balaban J connectivity index is 1.45. The molecule has 0 amide bonds. The molecule has 0 radical (unpaired) electrons. The van der Waals surface area contributed by atoms with E-state index in [1.54, 1.807) is 45.3 Å². The maximum Gasteiger partial charge on any atom is 0.155 e. The van der Waals surface area contributed by atoms with Gasteiger partial charge in [0.1, 0.15) is 10.0 Å². The second-order valence-corrected chi connectivity index (χ2v) is 11.2. The van der Waals surface area contributed by atoms with Gasteiger partial charge >= 0.3 is 0 Å². The molecule has 0 aromatic carbocycles. The summed E-state index contributed by atoms with van der Waals surface area (Å²) < 4.78 is 5.39. The average Bonchev–Trinajstić information content (AvgIpc) is 3.31. The molecule has 116 valence electrons. The molecular formula is C16H6N2S6. The van der Waals surface area contributed by atoms with E-state index in [0.29, 0.717) is 0 Å². The molecule has 0 saturated heterocycles. The number of thiophene rings is 4. The number of fused-ring (bicyclic) bond motifs is 3. The van der Waals surface area contributed by atoms with Gasteiger partial charge in [-0.25, -0.2) is 9.97 Å². The lowest BCUT2D eigenvalue weighted by Gasteiger charge is -1.88. The second kappa shape index (κ2) is 5.17. The molecule has 6 heterocycles. The zero-order chi connectivity index (χ0) is 15.7. The standard InChI is InChI=1S/C16H6N2S6/c1-3-19-9-5-11(21-7(1)9)13-17-15-16(23-13)18-14(24-15)12-6-10-8(22-12)2-4-20-10/h1-6H. The summed E-state index contributed by atoms with van der Waals surface area (Å²) in [7, 11) is 0. The number of rotatable bonds is 2. The smallest absolute Gasteiger partial charge is 0.155 e. The first kappa shape index (κ1) is 14.1. The zero-order valence-corrected chi connectivity index (χ0v) is 16.7. The summed E-state index contributed by atoms with van der Waals surface area (Å²) in [5.74, 6) is 0. The first-order valence-corrected chi connectivity index (χ1v) is 12.1. The fourth-order valence-electron chi connectivity index (χ4n) is 2.59. The van der Waals surface area contributed by atoms with Crippen molar-refractivity contribution in [3.63, 3.8) is 0 Å². The van der Waals surface area contributed by atoms with Crippen LogP contribution in [0.3, 0.4) is 0 Å². The van der Waals surface area contributed by atoms with E-state index in [2.05, 4.69) is 35.0 Å². The minimum atomic E-state index is 1.05. The Morgan fingerprint density at radius 3 is 1.54 bits per heavy atom. The fraction of sp³-hybridized carbons (Fsp3) is 0. The van der Waals surface area contributed by atoms with Gasteiger partial charge in [-0.05, 0) is 35.0 Å². The summed E-state index contributed by atoms with van der Waals surface area (Å²) in [5.41, 5.74) is 0. The molecule has 0 unspecified atom stereocenters. The van der Waals surface area contributed by atoms with Crippen LogP contribution in [0, 0.1) is 0 Å². The van der Waals surface area contributed by atoms with Crippen molar-refractivity contribution in [1.82, 2.24) is 9.97 Å². The highest BCUT2D eigenvalue weighted by Crippen LogP contribution is 2.43. The van der Waals surface area contributed by atoms with Crippen LogP contribution in [0.5, 0.6) is 0 Å². The molecule has 6 rings (SSSR count). The highest BCUT2D eigenvalue weighted by atomic mass is 32.1. The summed E-state index contributed by atoms with van der Waals surface area (Å²) in [6, 6.07) is 8.87. The van der Waals surface area contributed by atoms with E-state index < -0.39 is 0 Å². The van der Waals surface area contributed by atoms with Crippen molar-refractivity contribution < 1.29 is 0 Å². The minimum absolute atomic E-state index is 1.05. The van der Waals surface area contributed by atoms with Gasteiger partial charge in [-0.3, -0.25) is 0 Å². The van der Waals surface area contributed by atoms with E-state index in [-0.39, 0.29) is 0 Å². The third kappa shape index (κ3) is 2.08. The van der Waals surface area contributed by atoms with Crippen molar-refractivity contribution in [2.75, 3.05) is 0 Å². The summed E-state index contributed by atoms with van der Waals surface area (Å²) in [5, 5.41) is 6.47. The van der Waals surface area contributed by atoms with Crippen LogP contribution in [-0.4, -0.2) is 9.97 Å². The van der Waals surface area contributed by atoms with Gasteiger partial charge in [0.05, 0.1) is 9.75 Å². The molecule has 0 spiro atoms. The van der Waals surface area contributed by atoms with Crippen LogP contribution in [0.2, 0.25) is 0 Å². The monoisotopic (exact) mass is 418 g/mol. The summed E-state index contributed by atoms with van der Waals surface area (Å²) in [6.07, 6.45) is 0. The Morgan fingerprint density at radius 1 is 0.583 bits per heavy atom. The predicted molar refractivity (Wildman–Crippen MR) is 113 cm³/mol. The first-order valence-electron chi connectivity index (χ1n) is 7.06. The van der Waals surface area contributed by atoms with Crippen molar-refractivity contribution in [1.29, 1.82) is 0 Å². The van der Waals surface area contributed by atoms with Gasteiger partial charge < -0.3 is 0 Å². The molecule has 6 aromatic heterocycles. The van der Waals surface area contributed by atoms with E-state index in [4.69, 9.17) is 9.97 Å². The van der Waals surface area contributed by atoms with Crippen LogP contribution in [0.1, 0.15) is 0 Å². The zero-order valence-electron chi connectivity index (χ0n) is 11.8. The fourth-order valence-corrected chi connectivity index (χ4v) is 8.95. The van der Waals surface area contributed by atoms with Gasteiger partial charge in [0.2, 0.25) is 0 Å². The molecule has 2 nitrogen and oxygen atoms in total. The van der Waals surface area contributed by atoms with Crippen LogP contribution < -0.4 is 0 Å². The minimum Gasteiger partial charge on any atom is -0.222 e. The van der Waals surface area contributed by atoms with Crippen molar-refractivity contribution >= 4 is 96.5 Å². The van der Waals surface area contributed by atoms with Crippen molar-refractivity contribution in [3.05, 3.63) is 35.0 Å². The van der Waals surface area contributed by atoms with Gasteiger partial charge in [0.15, 0.2) is 9.66 Å². The highest BCUT2D eigenvalue weighted by molar-refractivity contribution is 7.35. The largest absolute Gasteiger partial charge is 0.222 e. The highest BCUT2D eigenvalue weighted by Gasteiger charge is 2.16. The third-order valence-corrected chi connectivity index (χ3v) is 10.2. The molecule has 0 bridgehead atoms. The molecule has 0 aliphatic rings. The lowest BCUT2D eigenvalue weighted by Crippen LogP contribution is -1.67. The van der Waals surface area contributed by atoms with Crippen LogP contribution in [0.15, 0.2) is 35.0 Å². The van der Waals surface area contributed by atoms with Crippen LogP contribution in [-0.2, 0) is 0 Å². The molecule has 24 heavy (non-hydrogen) atoms. The molecule has 0 N–H and O–H groups in total. The Morgan fingerprint density at radius 2 is 1.08 bits per heavy atom. The molecule has 8 heteroatoms. The summed E-state index contributed by atoms with van der Waals surface area (Å²) in [6.45, 7) is 0. The van der Waals surface area contributed by atoms with Crippen molar-refractivity contribution in [2.45, 2.75) is 0 Å². The second-order valence-electron chi connectivity index (χ2n) is 5.17. The van der Waals surface area contributed by atoms with Crippen LogP contribution in [0.25, 0.3) is 48.2 Å². The molecule has 6 aromatic rings. The van der Waals surface area contributed by atoms with Crippen molar-refractivity contribution in [2.24, 2.45) is 0 Å². The summed E-state index contributed by atoms with van der Waals surface area (Å²) >= 11 is 10.6. The average molecular weight is 419 g/mol. The lowest BCUT2D eigenvalue weighted by atomic mass is 10.4. The van der Waals surface area contributed by atoms with Gasteiger partial charge in [0.25, 0.3) is 0 Å². The third-order valence-electron chi connectivity index (χ3n) is 3.68. The number of nitrogens with zero attached hydrogens (tertiary/aromatic N) is 2. The topological polar surface area (TPSA) is 25.8 Å². The number of hydrogen-bond acceptors (Lipinski definition) is 8. The SMILES string of the molecule is c1cc2sc(-c3nc4sc(-c5cc6sccc6s5)nc4s3)cc2s1. The molecule has 0 saturated carbocycles. The van der Waals surface area contributed by atoms with Gasteiger partial charge in [-0.2, -0.15) is 0 Å². The van der Waals surface area contributed by atoms with Crippen molar-refractivity contribution in [3.8, 4) is 19.8 Å². The first-order chi connectivity index (χ1) is 11.8. The lowest BCUT2D eigenvalue weighted by molar-refractivity contribution is 1.51. The van der Waals surface area contributed by atoms with Gasteiger partial charge in [-0.15, -0.1) is 45.3 Å². The number of thiazole rings is 2. The van der Waals surface area contributed by atoms with Crippen LogP contribution in [0.4, 0.5) is 0 Å². The maximum absolute atomic E-state index is 4.84. The molecule has 0 atom stereocenters. The normalized spacial score (nSPS) is 12.2. The molecule has 0 fully saturated rings. The quantitative estimate of drug-likeness (QED) is 0.289. The van der Waals surface area contributed by atoms with Crippen LogP contribution >= 0.6 is 68.0 Å². The van der Waals surface area contributed by atoms with E-state index in [9.17, 15) is 0 Å². The maximum atomic E-state index is 4.84. The number of hydrogen-bond donors (Lipinski definition) is 0. The Hall–Kier alpha value is -1.16. The number of aromatic nitrogens is 2.